The molecule has 0 bridgehead atoms. The van der Waals surface area contributed by atoms with Crippen LogP contribution >= 0.6 is 0 Å². The fraction of sp³-hybridized carbons (Fsp3) is 0.143. The number of methoxy groups -OCH3 is 1. The third-order valence-corrected chi connectivity index (χ3v) is 2.91. The summed E-state index contributed by atoms with van der Waals surface area (Å²) < 4.78 is 5.11. The number of aromatic nitrogens is 1. The van der Waals surface area contributed by atoms with Crippen LogP contribution in [0.1, 0.15) is 5.56 Å². The van der Waals surface area contributed by atoms with Crippen molar-refractivity contribution in [2.24, 2.45) is 10.9 Å². The first-order chi connectivity index (χ1) is 9.67. The molecule has 3 N–H and O–H groups in total. The van der Waals surface area contributed by atoms with Gasteiger partial charge >= 0.3 is 0 Å². The minimum atomic E-state index is 0.0512. The van der Waals surface area contributed by atoms with Crippen LogP contribution in [-0.2, 0) is 0 Å². The molecule has 2 rings (SSSR count). The Labute approximate surface area is 117 Å². The van der Waals surface area contributed by atoms with Gasteiger partial charge in [0.2, 0.25) is 5.88 Å². The number of pyridine rings is 1. The van der Waals surface area contributed by atoms with E-state index in [1.165, 1.54) is 0 Å². The largest absolute Gasteiger partial charge is 0.481 e. The average molecular weight is 272 g/mol. The van der Waals surface area contributed by atoms with Gasteiger partial charge in [0, 0.05) is 18.7 Å². The number of anilines is 2. The lowest BCUT2D eigenvalue weighted by atomic mass is 10.1. The van der Waals surface area contributed by atoms with Crippen LogP contribution in [0.15, 0.2) is 47.6 Å². The summed E-state index contributed by atoms with van der Waals surface area (Å²) in [4.78, 5) is 6.20. The number of amidine groups is 1. The molecule has 20 heavy (non-hydrogen) atoms. The van der Waals surface area contributed by atoms with Crippen LogP contribution in [0.25, 0.3) is 0 Å². The molecule has 0 saturated heterocycles. The molecule has 1 aromatic heterocycles. The molecule has 6 heteroatoms. The van der Waals surface area contributed by atoms with Gasteiger partial charge in [-0.3, -0.25) is 0 Å². The Hall–Kier alpha value is -2.76. The van der Waals surface area contributed by atoms with Gasteiger partial charge in [0.15, 0.2) is 5.84 Å². The lowest BCUT2D eigenvalue weighted by Crippen LogP contribution is -2.20. The van der Waals surface area contributed by atoms with Crippen molar-refractivity contribution in [1.29, 1.82) is 0 Å². The van der Waals surface area contributed by atoms with Crippen molar-refractivity contribution >= 4 is 17.3 Å². The second-order valence-electron chi connectivity index (χ2n) is 4.10. The van der Waals surface area contributed by atoms with Gasteiger partial charge in [-0.05, 0) is 18.2 Å². The summed E-state index contributed by atoms with van der Waals surface area (Å²) in [7, 11) is 3.42. The van der Waals surface area contributed by atoms with Crippen LogP contribution in [0.4, 0.5) is 11.5 Å². The highest BCUT2D eigenvalue weighted by Crippen LogP contribution is 2.26. The van der Waals surface area contributed by atoms with E-state index < -0.39 is 0 Å². The van der Waals surface area contributed by atoms with Crippen LogP contribution in [0.3, 0.4) is 0 Å². The van der Waals surface area contributed by atoms with Crippen molar-refractivity contribution in [3.63, 3.8) is 0 Å². The Kier molecular flexibility index (Phi) is 4.05. The number of para-hydroxylation sites is 1. The minimum Gasteiger partial charge on any atom is -0.481 e. The van der Waals surface area contributed by atoms with Crippen LogP contribution in [0.5, 0.6) is 5.88 Å². The van der Waals surface area contributed by atoms with E-state index in [0.29, 0.717) is 17.3 Å². The van der Waals surface area contributed by atoms with Gasteiger partial charge in [-0.2, -0.15) is 4.98 Å². The molecule has 0 fully saturated rings. The van der Waals surface area contributed by atoms with E-state index in [1.54, 1.807) is 19.2 Å². The molecule has 0 spiro atoms. The standard InChI is InChI=1S/C14H16N4O2/c1-18(12-8-5-9-13(16-12)20-2)11-7-4-3-6-10(11)14(15)17-19/h3-9,19H,1-2H3,(H2,15,17). The Balaban J connectivity index is 2.45. The molecule has 1 aromatic carbocycles. The van der Waals surface area contributed by atoms with Gasteiger partial charge in [-0.15, -0.1) is 0 Å². The summed E-state index contributed by atoms with van der Waals surface area (Å²) in [5.41, 5.74) is 7.10. The van der Waals surface area contributed by atoms with Gasteiger partial charge in [0.25, 0.3) is 0 Å². The monoisotopic (exact) mass is 272 g/mol. The summed E-state index contributed by atoms with van der Waals surface area (Å²) in [5, 5.41) is 11.9. The first-order valence-electron chi connectivity index (χ1n) is 5.99. The normalized spacial score (nSPS) is 11.2. The first kappa shape index (κ1) is 13.7. The van der Waals surface area contributed by atoms with Crippen LogP contribution in [0, 0.1) is 0 Å². The number of benzene rings is 1. The predicted molar refractivity (Wildman–Crippen MR) is 77.8 cm³/mol. The van der Waals surface area contributed by atoms with Crippen molar-refractivity contribution in [2.75, 3.05) is 19.1 Å². The number of oxime groups is 1. The summed E-state index contributed by atoms with van der Waals surface area (Å²) in [6, 6.07) is 12.8. The Morgan fingerprint density at radius 3 is 2.70 bits per heavy atom. The molecule has 104 valence electrons. The van der Waals surface area contributed by atoms with Gasteiger partial charge < -0.3 is 20.6 Å². The second-order valence-corrected chi connectivity index (χ2v) is 4.10. The Morgan fingerprint density at radius 1 is 1.25 bits per heavy atom. The predicted octanol–water partition coefficient (Wildman–Crippen LogP) is 1.95. The van der Waals surface area contributed by atoms with Crippen molar-refractivity contribution in [1.82, 2.24) is 4.98 Å². The zero-order valence-electron chi connectivity index (χ0n) is 11.3. The first-order valence-corrected chi connectivity index (χ1v) is 5.99. The molecule has 0 unspecified atom stereocenters. The molecular formula is C14H16N4O2. The highest BCUT2D eigenvalue weighted by atomic mass is 16.5. The van der Waals surface area contributed by atoms with E-state index in [1.807, 2.05) is 42.3 Å². The van der Waals surface area contributed by atoms with Gasteiger partial charge in [-0.1, -0.05) is 23.4 Å². The number of hydrogen-bond donors (Lipinski definition) is 2. The lowest BCUT2D eigenvalue weighted by molar-refractivity contribution is 0.318. The molecule has 0 aliphatic rings. The molecule has 0 aliphatic heterocycles. The van der Waals surface area contributed by atoms with Crippen LogP contribution < -0.4 is 15.4 Å². The smallest absolute Gasteiger partial charge is 0.214 e. The summed E-state index contributed by atoms with van der Waals surface area (Å²) in [5.74, 6) is 1.27. The maximum atomic E-state index is 8.86. The van der Waals surface area contributed by atoms with Crippen molar-refractivity contribution < 1.29 is 9.94 Å². The summed E-state index contributed by atoms with van der Waals surface area (Å²) >= 11 is 0. The van der Waals surface area contributed by atoms with E-state index in [-0.39, 0.29) is 5.84 Å². The summed E-state index contributed by atoms with van der Waals surface area (Å²) in [6.07, 6.45) is 0. The highest BCUT2D eigenvalue weighted by Gasteiger charge is 2.13. The van der Waals surface area contributed by atoms with Gasteiger partial charge in [0.05, 0.1) is 12.8 Å². The quantitative estimate of drug-likeness (QED) is 0.384. The Bertz CT molecular complexity index is 628. The molecule has 0 amide bonds. The second kappa shape index (κ2) is 5.92. The third-order valence-electron chi connectivity index (χ3n) is 2.91. The van der Waals surface area contributed by atoms with Crippen molar-refractivity contribution in [3.8, 4) is 5.88 Å². The maximum absolute atomic E-state index is 8.86. The molecule has 0 saturated carbocycles. The Morgan fingerprint density at radius 2 is 2.00 bits per heavy atom. The molecule has 0 aliphatic carbocycles. The molecule has 6 nitrogen and oxygen atoms in total. The molecule has 0 atom stereocenters. The number of nitrogens with two attached hydrogens (primary N) is 1. The summed E-state index contributed by atoms with van der Waals surface area (Å²) in [6.45, 7) is 0. The van der Waals surface area contributed by atoms with E-state index in [4.69, 9.17) is 15.7 Å². The number of nitrogens with zero attached hydrogens (tertiary/aromatic N) is 3. The van der Waals surface area contributed by atoms with E-state index >= 15 is 0 Å². The fourth-order valence-electron chi connectivity index (χ4n) is 1.86. The molecule has 0 radical (unpaired) electrons. The zero-order chi connectivity index (χ0) is 14.5. The maximum Gasteiger partial charge on any atom is 0.214 e. The lowest BCUT2D eigenvalue weighted by Gasteiger charge is -2.21. The third kappa shape index (κ3) is 2.64. The van der Waals surface area contributed by atoms with Crippen LogP contribution in [0.2, 0.25) is 0 Å². The SMILES string of the molecule is COc1cccc(N(C)c2ccccc2/C(N)=N/O)n1. The van der Waals surface area contributed by atoms with E-state index in [2.05, 4.69) is 10.1 Å². The number of rotatable bonds is 4. The van der Waals surface area contributed by atoms with Gasteiger partial charge in [0.1, 0.15) is 5.82 Å². The molecule has 2 aromatic rings. The van der Waals surface area contributed by atoms with E-state index in [9.17, 15) is 0 Å². The fourth-order valence-corrected chi connectivity index (χ4v) is 1.86. The topological polar surface area (TPSA) is 84.0 Å². The molecular weight excluding hydrogens is 256 g/mol. The van der Waals surface area contributed by atoms with Gasteiger partial charge in [-0.25, -0.2) is 0 Å². The van der Waals surface area contributed by atoms with Crippen LogP contribution in [-0.4, -0.2) is 30.2 Å². The van der Waals surface area contributed by atoms with Crippen molar-refractivity contribution in [3.05, 3.63) is 48.0 Å². The van der Waals surface area contributed by atoms with Crippen molar-refractivity contribution in [2.45, 2.75) is 0 Å². The minimum absolute atomic E-state index is 0.0512. The highest BCUT2D eigenvalue weighted by molar-refractivity contribution is 6.02. The number of hydrogen-bond acceptors (Lipinski definition) is 5. The zero-order valence-corrected chi connectivity index (χ0v) is 11.3. The van der Waals surface area contributed by atoms with E-state index in [0.717, 1.165) is 5.69 Å². The number of ether oxygens (including phenoxy) is 1. The molecule has 1 heterocycles. The average Bonchev–Trinajstić information content (AvgIpc) is 2.53.